The number of hydrogen-bond donors (Lipinski definition) is 1. The molecular formula is C25H18ClN3O6. The van der Waals surface area contributed by atoms with Crippen molar-refractivity contribution in [3.05, 3.63) is 104 Å². The molecule has 0 bridgehead atoms. The van der Waals surface area contributed by atoms with Crippen LogP contribution < -0.4 is 15.0 Å². The molecule has 176 valence electrons. The van der Waals surface area contributed by atoms with Gasteiger partial charge in [-0.3, -0.25) is 25.0 Å². The summed E-state index contributed by atoms with van der Waals surface area (Å²) in [6.45, 7) is 1.95. The molecule has 1 N–H and O–H groups in total. The third-order valence-electron chi connectivity index (χ3n) is 5.24. The summed E-state index contributed by atoms with van der Waals surface area (Å²) in [6.07, 6.45) is 1.37. The summed E-state index contributed by atoms with van der Waals surface area (Å²) in [6, 6.07) is 16.5. The van der Waals surface area contributed by atoms with Crippen LogP contribution in [0.5, 0.6) is 5.75 Å². The van der Waals surface area contributed by atoms with Crippen LogP contribution in [0.25, 0.3) is 6.08 Å². The monoisotopic (exact) mass is 491 g/mol. The number of imide groups is 2. The van der Waals surface area contributed by atoms with Gasteiger partial charge in [-0.25, -0.2) is 9.69 Å². The minimum atomic E-state index is -0.864. The number of carbonyl (C=O) groups excluding carboxylic acids is 3. The number of anilines is 1. The Hall–Kier alpha value is -4.50. The summed E-state index contributed by atoms with van der Waals surface area (Å²) in [4.78, 5) is 49.0. The molecule has 0 saturated carbocycles. The summed E-state index contributed by atoms with van der Waals surface area (Å²) >= 11 is 6.14. The molecule has 0 unspecified atom stereocenters. The number of nitrogens with one attached hydrogen (secondary N) is 1. The standard InChI is InChI=1S/C25H18ClN3O6/c1-15-5-8-19(13-22(15)26)28-24(31)21(23(30)27-25(28)32)12-17-3-2-4-20(11-17)35-14-16-6-9-18(10-7-16)29(33)34/h2-13H,14H2,1H3,(H,27,30,32)/b21-12-. The van der Waals surface area contributed by atoms with Crippen molar-refractivity contribution in [2.24, 2.45) is 0 Å². The number of halogens is 1. The Labute approximate surface area is 204 Å². The molecule has 0 spiro atoms. The van der Waals surface area contributed by atoms with Crippen LogP contribution in [0.4, 0.5) is 16.2 Å². The predicted octanol–water partition coefficient (Wildman–Crippen LogP) is 4.80. The predicted molar refractivity (Wildman–Crippen MR) is 129 cm³/mol. The highest BCUT2D eigenvalue weighted by atomic mass is 35.5. The number of urea groups is 1. The molecule has 9 nitrogen and oxygen atoms in total. The van der Waals surface area contributed by atoms with E-state index in [9.17, 15) is 24.5 Å². The van der Waals surface area contributed by atoms with E-state index in [1.807, 2.05) is 0 Å². The topological polar surface area (TPSA) is 119 Å². The maximum atomic E-state index is 13.1. The first kappa shape index (κ1) is 23.7. The Balaban J connectivity index is 1.54. The van der Waals surface area contributed by atoms with Gasteiger partial charge in [0.15, 0.2) is 0 Å². The molecule has 10 heteroatoms. The molecule has 3 aromatic rings. The minimum absolute atomic E-state index is 0.0155. The van der Waals surface area contributed by atoms with E-state index in [1.165, 1.54) is 24.3 Å². The van der Waals surface area contributed by atoms with E-state index in [-0.39, 0.29) is 23.6 Å². The molecule has 4 amide bonds. The molecule has 3 aromatic carbocycles. The van der Waals surface area contributed by atoms with Crippen molar-refractivity contribution in [2.45, 2.75) is 13.5 Å². The van der Waals surface area contributed by atoms with Crippen LogP contribution in [-0.2, 0) is 16.2 Å². The number of nitro groups is 1. The number of aryl methyl sites for hydroxylation is 1. The molecule has 1 saturated heterocycles. The lowest BCUT2D eigenvalue weighted by Crippen LogP contribution is -2.54. The molecule has 0 aromatic heterocycles. The van der Waals surface area contributed by atoms with Crippen LogP contribution >= 0.6 is 11.6 Å². The lowest BCUT2D eigenvalue weighted by atomic mass is 10.1. The number of nitro benzene ring substituents is 1. The van der Waals surface area contributed by atoms with Crippen LogP contribution in [0.3, 0.4) is 0 Å². The highest BCUT2D eigenvalue weighted by molar-refractivity contribution is 6.39. The highest BCUT2D eigenvalue weighted by Gasteiger charge is 2.37. The number of ether oxygens (including phenoxy) is 1. The SMILES string of the molecule is Cc1ccc(N2C(=O)NC(=O)/C(=C/c3cccc(OCc4ccc([N+](=O)[O-])cc4)c3)C2=O)cc1Cl. The molecule has 35 heavy (non-hydrogen) atoms. The van der Waals surface area contributed by atoms with Gasteiger partial charge >= 0.3 is 6.03 Å². The van der Waals surface area contributed by atoms with E-state index in [0.29, 0.717) is 16.3 Å². The maximum absolute atomic E-state index is 13.1. The minimum Gasteiger partial charge on any atom is -0.489 e. The van der Waals surface area contributed by atoms with Gasteiger partial charge in [0, 0.05) is 17.2 Å². The van der Waals surface area contributed by atoms with Gasteiger partial charge in [-0.1, -0.05) is 29.8 Å². The fourth-order valence-corrected chi connectivity index (χ4v) is 3.53. The lowest BCUT2D eigenvalue weighted by Gasteiger charge is -2.26. The number of barbiturate groups is 1. The Morgan fingerprint density at radius 2 is 1.80 bits per heavy atom. The Morgan fingerprint density at radius 3 is 2.49 bits per heavy atom. The third kappa shape index (κ3) is 5.20. The normalized spacial score (nSPS) is 14.7. The Bertz CT molecular complexity index is 1380. The van der Waals surface area contributed by atoms with Crippen LogP contribution in [0, 0.1) is 17.0 Å². The zero-order valence-electron chi connectivity index (χ0n) is 18.4. The molecule has 0 aliphatic carbocycles. The van der Waals surface area contributed by atoms with Crippen LogP contribution in [0.15, 0.2) is 72.3 Å². The summed E-state index contributed by atoms with van der Waals surface area (Å²) < 4.78 is 5.74. The van der Waals surface area contributed by atoms with E-state index in [4.69, 9.17) is 16.3 Å². The third-order valence-corrected chi connectivity index (χ3v) is 5.64. The average Bonchev–Trinajstić information content (AvgIpc) is 2.83. The van der Waals surface area contributed by atoms with Crippen molar-refractivity contribution in [3.63, 3.8) is 0 Å². The number of benzene rings is 3. The number of non-ortho nitro benzene ring substituents is 1. The van der Waals surface area contributed by atoms with Crippen molar-refractivity contribution >= 4 is 46.9 Å². The second-order valence-corrected chi connectivity index (χ2v) is 8.08. The first-order valence-electron chi connectivity index (χ1n) is 10.4. The number of nitrogens with zero attached hydrogens (tertiary/aromatic N) is 2. The molecular weight excluding hydrogens is 474 g/mol. The number of rotatable bonds is 6. The van der Waals surface area contributed by atoms with Gasteiger partial charge in [-0.2, -0.15) is 0 Å². The quantitative estimate of drug-likeness (QED) is 0.229. The molecule has 1 aliphatic heterocycles. The van der Waals surface area contributed by atoms with Crippen LogP contribution in [-0.4, -0.2) is 22.8 Å². The van der Waals surface area contributed by atoms with E-state index >= 15 is 0 Å². The first-order chi connectivity index (χ1) is 16.7. The van der Waals surface area contributed by atoms with Crippen molar-refractivity contribution in [1.29, 1.82) is 0 Å². The van der Waals surface area contributed by atoms with E-state index in [1.54, 1.807) is 55.5 Å². The van der Waals surface area contributed by atoms with Gasteiger partial charge in [0.05, 0.1) is 10.6 Å². The largest absolute Gasteiger partial charge is 0.489 e. The lowest BCUT2D eigenvalue weighted by molar-refractivity contribution is -0.384. The fraction of sp³-hybridized carbons (Fsp3) is 0.0800. The van der Waals surface area contributed by atoms with Crippen LogP contribution in [0.1, 0.15) is 16.7 Å². The second-order valence-electron chi connectivity index (χ2n) is 7.68. The van der Waals surface area contributed by atoms with Crippen molar-refractivity contribution in [2.75, 3.05) is 4.90 Å². The molecule has 0 atom stereocenters. The van der Waals surface area contributed by atoms with Crippen molar-refractivity contribution in [3.8, 4) is 5.75 Å². The van der Waals surface area contributed by atoms with Gasteiger partial charge in [0.25, 0.3) is 17.5 Å². The zero-order valence-corrected chi connectivity index (χ0v) is 19.1. The van der Waals surface area contributed by atoms with Crippen molar-refractivity contribution < 1.29 is 24.0 Å². The Morgan fingerprint density at radius 1 is 1.06 bits per heavy atom. The fourth-order valence-electron chi connectivity index (χ4n) is 3.35. The van der Waals surface area contributed by atoms with Gasteiger partial charge in [-0.15, -0.1) is 0 Å². The molecule has 1 fully saturated rings. The number of amides is 4. The summed E-state index contributed by atoms with van der Waals surface area (Å²) in [5.41, 5.74) is 2.00. The van der Waals surface area contributed by atoms with Crippen molar-refractivity contribution in [1.82, 2.24) is 5.32 Å². The van der Waals surface area contributed by atoms with E-state index < -0.39 is 22.8 Å². The van der Waals surface area contributed by atoms with E-state index in [2.05, 4.69) is 5.32 Å². The molecule has 0 radical (unpaired) electrons. The Kier molecular flexibility index (Phi) is 6.61. The smallest absolute Gasteiger partial charge is 0.335 e. The maximum Gasteiger partial charge on any atom is 0.335 e. The highest BCUT2D eigenvalue weighted by Crippen LogP contribution is 2.27. The first-order valence-corrected chi connectivity index (χ1v) is 10.7. The molecule has 1 aliphatic rings. The van der Waals surface area contributed by atoms with E-state index in [0.717, 1.165) is 16.0 Å². The van der Waals surface area contributed by atoms with Gasteiger partial charge in [-0.05, 0) is 66.1 Å². The van der Waals surface area contributed by atoms with Gasteiger partial charge < -0.3 is 4.74 Å². The summed E-state index contributed by atoms with van der Waals surface area (Å²) in [7, 11) is 0. The van der Waals surface area contributed by atoms with Gasteiger partial charge in [0.2, 0.25) is 0 Å². The summed E-state index contributed by atoms with van der Waals surface area (Å²) in [5, 5.41) is 13.3. The molecule has 4 rings (SSSR count). The van der Waals surface area contributed by atoms with Crippen LogP contribution in [0.2, 0.25) is 5.02 Å². The zero-order chi connectivity index (χ0) is 25.1. The van der Waals surface area contributed by atoms with Gasteiger partial charge in [0.1, 0.15) is 17.9 Å². The molecule has 1 heterocycles. The second kappa shape index (κ2) is 9.78. The average molecular weight is 492 g/mol. The number of hydrogen-bond acceptors (Lipinski definition) is 6. The number of carbonyl (C=O) groups is 3. The summed E-state index contributed by atoms with van der Waals surface area (Å²) in [5.74, 6) is -1.14.